The Bertz CT molecular complexity index is 320. The lowest BCUT2D eigenvalue weighted by atomic mass is 10.1. The van der Waals surface area contributed by atoms with Crippen molar-refractivity contribution in [2.45, 2.75) is 17.4 Å². The molecular formula is C9H11F2NOS. The number of phenols is 1. The summed E-state index contributed by atoms with van der Waals surface area (Å²) < 4.78 is 24.6. The molecule has 0 amide bonds. The van der Waals surface area contributed by atoms with E-state index >= 15 is 0 Å². The zero-order chi connectivity index (χ0) is 10.7. The van der Waals surface area contributed by atoms with Crippen LogP contribution in [-0.4, -0.2) is 17.8 Å². The lowest BCUT2D eigenvalue weighted by Gasteiger charge is -2.13. The van der Waals surface area contributed by atoms with Crippen molar-refractivity contribution >= 4 is 11.8 Å². The average Bonchev–Trinajstić information content (AvgIpc) is 2.17. The van der Waals surface area contributed by atoms with Crippen LogP contribution in [-0.2, 0) is 0 Å². The molecule has 1 rings (SSSR count). The molecule has 0 heterocycles. The predicted octanol–water partition coefficient (Wildman–Crippen LogP) is 2.38. The van der Waals surface area contributed by atoms with Crippen molar-refractivity contribution in [1.29, 1.82) is 0 Å². The van der Waals surface area contributed by atoms with Gasteiger partial charge in [0.25, 0.3) is 6.43 Å². The molecule has 0 fully saturated rings. The molecule has 1 aromatic carbocycles. The minimum absolute atomic E-state index is 0.0897. The van der Waals surface area contributed by atoms with E-state index in [1.807, 2.05) is 6.26 Å². The quantitative estimate of drug-likeness (QED) is 0.767. The summed E-state index contributed by atoms with van der Waals surface area (Å²) in [5.41, 5.74) is 5.33. The van der Waals surface area contributed by atoms with E-state index in [4.69, 9.17) is 5.73 Å². The normalized spacial score (nSPS) is 13.2. The highest BCUT2D eigenvalue weighted by Crippen LogP contribution is 2.30. The first-order chi connectivity index (χ1) is 6.56. The van der Waals surface area contributed by atoms with Crippen molar-refractivity contribution < 1.29 is 13.9 Å². The fraction of sp³-hybridized carbons (Fsp3) is 0.333. The molecule has 0 aliphatic carbocycles. The lowest BCUT2D eigenvalue weighted by Crippen LogP contribution is -2.19. The number of benzene rings is 1. The third-order valence-corrected chi connectivity index (χ3v) is 2.59. The molecule has 78 valence electrons. The van der Waals surface area contributed by atoms with Gasteiger partial charge in [-0.15, -0.1) is 11.8 Å². The van der Waals surface area contributed by atoms with Gasteiger partial charge in [0.15, 0.2) is 0 Å². The van der Waals surface area contributed by atoms with Gasteiger partial charge in [-0.25, -0.2) is 8.78 Å². The highest BCUT2D eigenvalue weighted by atomic mass is 32.2. The molecule has 0 saturated heterocycles. The minimum Gasteiger partial charge on any atom is -0.508 e. The molecule has 2 nitrogen and oxygen atoms in total. The van der Waals surface area contributed by atoms with Crippen molar-refractivity contribution in [2.24, 2.45) is 5.73 Å². The molecular weight excluding hydrogens is 208 g/mol. The van der Waals surface area contributed by atoms with E-state index in [0.29, 0.717) is 0 Å². The summed E-state index contributed by atoms with van der Waals surface area (Å²) in [5.74, 6) is -0.185. The van der Waals surface area contributed by atoms with Gasteiger partial charge < -0.3 is 10.8 Å². The number of halogens is 2. The Balaban J connectivity index is 3.05. The van der Waals surface area contributed by atoms with Crippen molar-refractivity contribution in [1.82, 2.24) is 0 Å². The first kappa shape index (κ1) is 11.3. The Kier molecular flexibility index (Phi) is 3.71. The maximum absolute atomic E-state index is 12.3. The van der Waals surface area contributed by atoms with E-state index in [9.17, 15) is 13.9 Å². The molecule has 0 aliphatic heterocycles. The smallest absolute Gasteiger partial charge is 0.257 e. The summed E-state index contributed by atoms with van der Waals surface area (Å²) in [4.78, 5) is 0.800. The highest BCUT2D eigenvalue weighted by molar-refractivity contribution is 7.98. The third kappa shape index (κ3) is 2.36. The van der Waals surface area contributed by atoms with Gasteiger partial charge in [0, 0.05) is 10.5 Å². The Morgan fingerprint density at radius 1 is 1.43 bits per heavy atom. The summed E-state index contributed by atoms with van der Waals surface area (Å²) in [7, 11) is 0. The number of rotatable bonds is 3. The monoisotopic (exact) mass is 219 g/mol. The predicted molar refractivity (Wildman–Crippen MR) is 52.8 cm³/mol. The molecule has 0 spiro atoms. The minimum atomic E-state index is -2.67. The van der Waals surface area contributed by atoms with Crippen LogP contribution in [0.2, 0.25) is 0 Å². The maximum atomic E-state index is 12.3. The molecule has 0 radical (unpaired) electrons. The average molecular weight is 219 g/mol. The van der Waals surface area contributed by atoms with E-state index in [1.165, 1.54) is 23.9 Å². The highest BCUT2D eigenvalue weighted by Gasteiger charge is 2.20. The van der Waals surface area contributed by atoms with E-state index < -0.39 is 12.5 Å². The van der Waals surface area contributed by atoms with Gasteiger partial charge in [-0.2, -0.15) is 0 Å². The SMILES string of the molecule is CSc1ccc(O)c([C@H](N)C(F)F)c1. The van der Waals surface area contributed by atoms with Crippen LogP contribution in [0.5, 0.6) is 5.75 Å². The molecule has 0 aliphatic rings. The van der Waals surface area contributed by atoms with Crippen molar-refractivity contribution in [2.75, 3.05) is 6.26 Å². The topological polar surface area (TPSA) is 46.2 Å². The number of hydrogen-bond acceptors (Lipinski definition) is 3. The number of alkyl halides is 2. The molecule has 0 aromatic heterocycles. The fourth-order valence-corrected chi connectivity index (χ4v) is 1.51. The Labute approximate surface area is 85.1 Å². The maximum Gasteiger partial charge on any atom is 0.257 e. The molecule has 1 aromatic rings. The van der Waals surface area contributed by atoms with Crippen LogP contribution in [0.4, 0.5) is 8.78 Å². The lowest BCUT2D eigenvalue weighted by molar-refractivity contribution is 0.115. The number of aromatic hydroxyl groups is 1. The van der Waals surface area contributed by atoms with Crippen LogP contribution >= 0.6 is 11.8 Å². The van der Waals surface area contributed by atoms with Crippen molar-refractivity contribution in [3.8, 4) is 5.75 Å². The van der Waals surface area contributed by atoms with Crippen LogP contribution in [0.1, 0.15) is 11.6 Å². The number of phenolic OH excluding ortho intramolecular Hbond substituents is 1. The van der Waals surface area contributed by atoms with E-state index in [2.05, 4.69) is 0 Å². The number of nitrogens with two attached hydrogens (primary N) is 1. The van der Waals surface area contributed by atoms with Gasteiger partial charge in [0.1, 0.15) is 5.75 Å². The zero-order valence-electron chi connectivity index (χ0n) is 7.58. The summed E-state index contributed by atoms with van der Waals surface area (Å²) in [6.45, 7) is 0. The second kappa shape index (κ2) is 4.61. The first-order valence-corrected chi connectivity index (χ1v) is 5.19. The van der Waals surface area contributed by atoms with Crippen LogP contribution in [0.15, 0.2) is 23.1 Å². The van der Waals surface area contributed by atoms with Gasteiger partial charge >= 0.3 is 0 Å². The molecule has 0 unspecified atom stereocenters. The Morgan fingerprint density at radius 2 is 2.07 bits per heavy atom. The summed E-state index contributed by atoms with van der Waals surface area (Å²) in [6, 6.07) is 3.09. The van der Waals surface area contributed by atoms with Gasteiger partial charge in [0.2, 0.25) is 0 Å². The molecule has 3 N–H and O–H groups in total. The van der Waals surface area contributed by atoms with Gasteiger partial charge in [-0.3, -0.25) is 0 Å². The van der Waals surface area contributed by atoms with Gasteiger partial charge in [0.05, 0.1) is 6.04 Å². The Hall–Kier alpha value is -0.810. The third-order valence-electron chi connectivity index (χ3n) is 1.87. The summed E-state index contributed by atoms with van der Waals surface area (Å²) in [6.07, 6.45) is -0.845. The molecule has 1 atom stereocenters. The number of thioether (sulfide) groups is 1. The van der Waals surface area contributed by atoms with E-state index in [0.717, 1.165) is 4.90 Å². The van der Waals surface area contributed by atoms with Crippen LogP contribution in [0.25, 0.3) is 0 Å². The standard InChI is InChI=1S/C9H11F2NOS/c1-14-5-2-3-7(13)6(4-5)8(12)9(10)11/h2-4,8-9,13H,12H2,1H3/t8-/m0/s1. The molecule has 14 heavy (non-hydrogen) atoms. The van der Waals surface area contributed by atoms with Crippen molar-refractivity contribution in [3.05, 3.63) is 23.8 Å². The van der Waals surface area contributed by atoms with Crippen LogP contribution in [0, 0.1) is 0 Å². The van der Waals surface area contributed by atoms with Crippen molar-refractivity contribution in [3.63, 3.8) is 0 Å². The molecule has 0 saturated carbocycles. The largest absolute Gasteiger partial charge is 0.508 e. The van der Waals surface area contributed by atoms with Gasteiger partial charge in [-0.1, -0.05) is 0 Å². The van der Waals surface area contributed by atoms with Gasteiger partial charge in [-0.05, 0) is 24.5 Å². The van der Waals surface area contributed by atoms with Crippen LogP contribution < -0.4 is 5.73 Å². The first-order valence-electron chi connectivity index (χ1n) is 3.97. The summed E-state index contributed by atoms with van der Waals surface area (Å²) in [5, 5.41) is 9.33. The second-order valence-electron chi connectivity index (χ2n) is 2.78. The Morgan fingerprint density at radius 3 is 2.57 bits per heavy atom. The molecule has 0 bridgehead atoms. The second-order valence-corrected chi connectivity index (χ2v) is 3.66. The van der Waals surface area contributed by atoms with Crippen LogP contribution in [0.3, 0.4) is 0 Å². The fourth-order valence-electron chi connectivity index (χ4n) is 1.06. The van der Waals surface area contributed by atoms with E-state index in [1.54, 1.807) is 6.07 Å². The van der Waals surface area contributed by atoms with E-state index in [-0.39, 0.29) is 11.3 Å². The number of hydrogen-bond donors (Lipinski definition) is 2. The zero-order valence-corrected chi connectivity index (χ0v) is 8.39. The molecule has 5 heteroatoms. The summed E-state index contributed by atoms with van der Waals surface area (Å²) >= 11 is 1.41.